The first-order valence-electron chi connectivity index (χ1n) is 5.99. The zero-order chi connectivity index (χ0) is 11.1. The Kier molecular flexibility index (Phi) is 5.40. The summed E-state index contributed by atoms with van der Waals surface area (Å²) >= 11 is 0. The summed E-state index contributed by atoms with van der Waals surface area (Å²) in [4.78, 5) is 4.39. The molecule has 0 saturated carbocycles. The largest absolute Gasteiger partial charge is 0.335 e. The Hall–Kier alpha value is -0.830. The number of nitrogens with one attached hydrogen (secondary N) is 1. The average molecular weight is 209 g/mol. The lowest BCUT2D eigenvalue weighted by atomic mass is 10.1. The molecule has 0 aliphatic heterocycles. The quantitative estimate of drug-likeness (QED) is 0.746. The molecule has 1 N–H and O–H groups in total. The Morgan fingerprint density at radius 3 is 2.80 bits per heavy atom. The van der Waals surface area contributed by atoms with E-state index in [1.54, 1.807) is 0 Å². The Bertz CT molecular complexity index is 268. The highest BCUT2D eigenvalue weighted by molar-refractivity contribution is 4.93. The van der Waals surface area contributed by atoms with Crippen molar-refractivity contribution in [2.24, 2.45) is 0 Å². The van der Waals surface area contributed by atoms with Gasteiger partial charge in [0.1, 0.15) is 5.82 Å². The second kappa shape index (κ2) is 6.62. The molecule has 1 heterocycles. The van der Waals surface area contributed by atoms with Gasteiger partial charge in [0.2, 0.25) is 0 Å². The van der Waals surface area contributed by atoms with E-state index in [1.807, 2.05) is 13.2 Å². The van der Waals surface area contributed by atoms with Crippen LogP contribution in [0.4, 0.5) is 0 Å². The SMILES string of the molecule is CCCC(CCc1nccn1CC)NC. The van der Waals surface area contributed by atoms with E-state index in [2.05, 4.69) is 34.9 Å². The number of aromatic nitrogens is 2. The average Bonchev–Trinajstić information content (AvgIpc) is 2.71. The zero-order valence-electron chi connectivity index (χ0n) is 10.2. The smallest absolute Gasteiger partial charge is 0.108 e. The van der Waals surface area contributed by atoms with Crippen molar-refractivity contribution in [3.63, 3.8) is 0 Å². The predicted molar refractivity (Wildman–Crippen MR) is 64.0 cm³/mol. The minimum Gasteiger partial charge on any atom is -0.335 e. The molecule has 0 aliphatic rings. The van der Waals surface area contributed by atoms with Crippen molar-refractivity contribution in [1.29, 1.82) is 0 Å². The van der Waals surface area contributed by atoms with Gasteiger partial charge < -0.3 is 9.88 Å². The summed E-state index contributed by atoms with van der Waals surface area (Å²) < 4.78 is 2.22. The number of hydrogen-bond acceptors (Lipinski definition) is 2. The predicted octanol–water partition coefficient (Wildman–Crippen LogP) is 2.22. The molecule has 15 heavy (non-hydrogen) atoms. The van der Waals surface area contributed by atoms with Crippen LogP contribution in [-0.2, 0) is 13.0 Å². The molecule has 1 rings (SSSR count). The van der Waals surface area contributed by atoms with Crippen molar-refractivity contribution >= 4 is 0 Å². The first-order chi connectivity index (χ1) is 7.31. The molecule has 1 aromatic heterocycles. The lowest BCUT2D eigenvalue weighted by molar-refractivity contribution is 0.474. The van der Waals surface area contributed by atoms with Crippen LogP contribution >= 0.6 is 0 Å². The van der Waals surface area contributed by atoms with E-state index in [9.17, 15) is 0 Å². The van der Waals surface area contributed by atoms with Crippen LogP contribution < -0.4 is 5.32 Å². The number of imidazole rings is 1. The van der Waals surface area contributed by atoms with Gasteiger partial charge >= 0.3 is 0 Å². The molecule has 0 saturated heterocycles. The maximum absolute atomic E-state index is 4.39. The minimum atomic E-state index is 0.636. The molecule has 1 atom stereocenters. The zero-order valence-corrected chi connectivity index (χ0v) is 10.2. The van der Waals surface area contributed by atoms with Crippen molar-refractivity contribution in [2.75, 3.05) is 7.05 Å². The van der Waals surface area contributed by atoms with E-state index >= 15 is 0 Å². The molecule has 0 spiro atoms. The van der Waals surface area contributed by atoms with Gasteiger partial charge in [-0.05, 0) is 26.8 Å². The lowest BCUT2D eigenvalue weighted by Crippen LogP contribution is -2.25. The molecule has 1 aromatic rings. The minimum absolute atomic E-state index is 0.636. The van der Waals surface area contributed by atoms with Crippen LogP contribution in [-0.4, -0.2) is 22.6 Å². The lowest BCUT2D eigenvalue weighted by Gasteiger charge is -2.14. The molecule has 0 fully saturated rings. The van der Waals surface area contributed by atoms with Gasteiger partial charge in [-0.25, -0.2) is 4.98 Å². The summed E-state index contributed by atoms with van der Waals surface area (Å²) in [7, 11) is 2.05. The molecule has 3 heteroatoms. The molecule has 0 radical (unpaired) electrons. The van der Waals surface area contributed by atoms with Crippen LogP contribution in [0.1, 0.15) is 38.9 Å². The summed E-state index contributed by atoms with van der Waals surface area (Å²) in [5, 5.41) is 3.37. The van der Waals surface area contributed by atoms with Gasteiger partial charge in [-0.1, -0.05) is 13.3 Å². The summed E-state index contributed by atoms with van der Waals surface area (Å²) in [6.45, 7) is 5.41. The first-order valence-corrected chi connectivity index (χ1v) is 5.99. The van der Waals surface area contributed by atoms with Gasteiger partial charge in [-0.3, -0.25) is 0 Å². The van der Waals surface area contributed by atoms with Crippen molar-refractivity contribution < 1.29 is 0 Å². The number of nitrogens with zero attached hydrogens (tertiary/aromatic N) is 2. The molecular weight excluding hydrogens is 186 g/mol. The first kappa shape index (κ1) is 12.2. The summed E-state index contributed by atoms with van der Waals surface area (Å²) in [6, 6.07) is 0.636. The van der Waals surface area contributed by atoms with Crippen LogP contribution in [0.3, 0.4) is 0 Å². The molecule has 3 nitrogen and oxygen atoms in total. The standard InChI is InChI=1S/C12H23N3/c1-4-6-11(13-3)7-8-12-14-9-10-15(12)5-2/h9-11,13H,4-8H2,1-3H3. The van der Waals surface area contributed by atoms with Gasteiger partial charge in [-0.2, -0.15) is 0 Å². The van der Waals surface area contributed by atoms with Crippen molar-refractivity contribution in [2.45, 2.75) is 52.1 Å². The van der Waals surface area contributed by atoms with E-state index in [-0.39, 0.29) is 0 Å². The van der Waals surface area contributed by atoms with Crippen LogP contribution in [0.5, 0.6) is 0 Å². The van der Waals surface area contributed by atoms with Gasteiger partial charge in [0.05, 0.1) is 0 Å². The van der Waals surface area contributed by atoms with E-state index in [1.165, 1.54) is 25.1 Å². The Labute approximate surface area is 92.9 Å². The summed E-state index contributed by atoms with van der Waals surface area (Å²) in [5.74, 6) is 1.22. The maximum atomic E-state index is 4.39. The fourth-order valence-electron chi connectivity index (χ4n) is 1.94. The van der Waals surface area contributed by atoms with E-state index in [4.69, 9.17) is 0 Å². The van der Waals surface area contributed by atoms with Crippen LogP contribution in [0.2, 0.25) is 0 Å². The third-order valence-electron chi connectivity index (χ3n) is 2.90. The summed E-state index contributed by atoms with van der Waals surface area (Å²) in [5.41, 5.74) is 0. The Morgan fingerprint density at radius 1 is 1.40 bits per heavy atom. The van der Waals surface area contributed by atoms with Crippen LogP contribution in [0, 0.1) is 0 Å². The molecule has 1 unspecified atom stereocenters. The monoisotopic (exact) mass is 209 g/mol. The number of hydrogen-bond donors (Lipinski definition) is 1. The fourth-order valence-corrected chi connectivity index (χ4v) is 1.94. The van der Waals surface area contributed by atoms with Crippen LogP contribution in [0.15, 0.2) is 12.4 Å². The highest BCUT2D eigenvalue weighted by Crippen LogP contribution is 2.07. The molecule has 86 valence electrons. The summed E-state index contributed by atoms with van der Waals surface area (Å²) in [6.07, 6.45) is 8.71. The topological polar surface area (TPSA) is 29.9 Å². The molecule has 0 bridgehead atoms. The Morgan fingerprint density at radius 2 is 2.20 bits per heavy atom. The van der Waals surface area contributed by atoms with Crippen molar-refractivity contribution in [3.05, 3.63) is 18.2 Å². The second-order valence-corrected chi connectivity index (χ2v) is 3.94. The van der Waals surface area contributed by atoms with E-state index in [0.717, 1.165) is 13.0 Å². The Balaban J connectivity index is 2.41. The van der Waals surface area contributed by atoms with Crippen molar-refractivity contribution in [3.8, 4) is 0 Å². The van der Waals surface area contributed by atoms with Crippen LogP contribution in [0.25, 0.3) is 0 Å². The number of rotatable bonds is 7. The highest BCUT2D eigenvalue weighted by Gasteiger charge is 2.07. The van der Waals surface area contributed by atoms with Gasteiger partial charge in [0, 0.05) is 31.4 Å². The highest BCUT2D eigenvalue weighted by atomic mass is 15.0. The molecular formula is C12H23N3. The molecule has 0 aromatic carbocycles. The second-order valence-electron chi connectivity index (χ2n) is 3.94. The molecule has 0 amide bonds. The van der Waals surface area contributed by atoms with Gasteiger partial charge in [-0.15, -0.1) is 0 Å². The number of aryl methyl sites for hydroxylation is 2. The van der Waals surface area contributed by atoms with Gasteiger partial charge in [0.25, 0.3) is 0 Å². The normalized spacial score (nSPS) is 13.0. The van der Waals surface area contributed by atoms with E-state index in [0.29, 0.717) is 6.04 Å². The maximum Gasteiger partial charge on any atom is 0.108 e. The van der Waals surface area contributed by atoms with Gasteiger partial charge in [0.15, 0.2) is 0 Å². The van der Waals surface area contributed by atoms with E-state index < -0.39 is 0 Å². The fraction of sp³-hybridized carbons (Fsp3) is 0.750. The third-order valence-corrected chi connectivity index (χ3v) is 2.90. The molecule has 0 aliphatic carbocycles. The third kappa shape index (κ3) is 3.67. The van der Waals surface area contributed by atoms with Crippen molar-refractivity contribution in [1.82, 2.24) is 14.9 Å².